The van der Waals surface area contributed by atoms with Gasteiger partial charge in [-0.3, -0.25) is 0 Å². The van der Waals surface area contributed by atoms with Gasteiger partial charge in [-0.2, -0.15) is 0 Å². The molecule has 1 aliphatic rings. The molecule has 0 atom stereocenters. The van der Waals surface area contributed by atoms with Crippen LogP contribution in [0, 0.1) is 0 Å². The van der Waals surface area contributed by atoms with E-state index in [9.17, 15) is 0 Å². The monoisotopic (exact) mass is 974 g/mol. The lowest BCUT2D eigenvalue weighted by Crippen LogP contribution is -2.11. The Morgan fingerprint density at radius 1 is 0.342 bits per heavy atom. The molecule has 3 aromatic heterocycles. The van der Waals surface area contributed by atoms with Gasteiger partial charge in [-0.15, -0.1) is 0 Å². The van der Waals surface area contributed by atoms with Gasteiger partial charge < -0.3 is 9.13 Å². The van der Waals surface area contributed by atoms with Crippen molar-refractivity contribution in [3.63, 3.8) is 0 Å². The highest BCUT2D eigenvalue weighted by molar-refractivity contribution is 6.12. The van der Waals surface area contributed by atoms with Crippen LogP contribution in [0.5, 0.6) is 0 Å². The van der Waals surface area contributed by atoms with E-state index >= 15 is 0 Å². The predicted octanol–water partition coefficient (Wildman–Crippen LogP) is 18.8. The number of rotatable bonds is 8. The van der Waals surface area contributed by atoms with Gasteiger partial charge in [0, 0.05) is 49.9 Å². The highest BCUT2D eigenvalue weighted by atomic mass is 15.0. The summed E-state index contributed by atoms with van der Waals surface area (Å²) in [6, 6.07) is 88.2. The predicted molar refractivity (Wildman–Crippen MR) is 319 cm³/mol. The number of fused-ring (bicyclic) bond motifs is 7. The molecule has 4 nitrogen and oxygen atoms in total. The third kappa shape index (κ3) is 7.93. The summed E-state index contributed by atoms with van der Waals surface area (Å²) in [5.41, 5.74) is 25.0. The summed E-state index contributed by atoms with van der Waals surface area (Å²) in [4.78, 5) is 11.0. The highest BCUT2D eigenvalue weighted by Gasteiger charge is 2.24. The second-order valence-corrected chi connectivity index (χ2v) is 21.3. The van der Waals surface area contributed by atoms with E-state index in [4.69, 9.17) is 9.97 Å². The van der Waals surface area contributed by atoms with Gasteiger partial charge in [0.2, 0.25) is 0 Å². The van der Waals surface area contributed by atoms with E-state index in [1.165, 1.54) is 83.0 Å². The molecule has 0 amide bonds. The molecule has 362 valence electrons. The fraction of sp³-hybridized carbons (Fsp3) is 0.0833. The lowest BCUT2D eigenvalue weighted by molar-refractivity contribution is 0.591. The van der Waals surface area contributed by atoms with Crippen LogP contribution in [0.3, 0.4) is 0 Å². The Morgan fingerprint density at radius 3 is 1.25 bits per heavy atom. The second-order valence-electron chi connectivity index (χ2n) is 21.3. The summed E-state index contributed by atoms with van der Waals surface area (Å²) in [5.74, 6) is 0. The van der Waals surface area contributed by atoms with E-state index < -0.39 is 0 Å². The Morgan fingerprint density at radius 2 is 0.763 bits per heavy atom. The molecule has 10 aromatic carbocycles. The molecule has 0 N–H and O–H groups in total. The van der Waals surface area contributed by atoms with Crippen LogP contribution < -0.4 is 0 Å². The SMILES string of the molecule is CC(C)(C)c1ccc2nc(-c3ccc(-n4c5c(c6cc(-c7ccccc7)ccc64)C=C(c4ccccc4)CC5)cc3)c(-c3ccc(-n4c5ccc(-c6ccccc6)cc5c5cc(-c6ccccc6)ccc54)cc3)nc2c1. The van der Waals surface area contributed by atoms with Gasteiger partial charge in [-0.25, -0.2) is 9.97 Å². The maximum Gasteiger partial charge on any atom is 0.0973 e. The zero-order chi connectivity index (χ0) is 50.9. The van der Waals surface area contributed by atoms with Gasteiger partial charge in [-0.05, 0) is 147 Å². The Kier molecular flexibility index (Phi) is 10.9. The zero-order valence-corrected chi connectivity index (χ0v) is 42.9. The molecule has 0 radical (unpaired) electrons. The van der Waals surface area contributed by atoms with Crippen LogP contribution in [0.2, 0.25) is 0 Å². The quantitative estimate of drug-likeness (QED) is 0.152. The Bertz CT molecular complexity index is 4270. The van der Waals surface area contributed by atoms with Crippen molar-refractivity contribution in [2.75, 3.05) is 0 Å². The van der Waals surface area contributed by atoms with Crippen LogP contribution in [0.1, 0.15) is 49.6 Å². The van der Waals surface area contributed by atoms with Gasteiger partial charge in [0.1, 0.15) is 0 Å². The molecule has 0 unspecified atom stereocenters. The largest absolute Gasteiger partial charge is 0.313 e. The van der Waals surface area contributed by atoms with Crippen LogP contribution >= 0.6 is 0 Å². The molecule has 0 saturated heterocycles. The first kappa shape index (κ1) is 45.3. The summed E-state index contributed by atoms with van der Waals surface area (Å²) < 4.78 is 4.89. The van der Waals surface area contributed by atoms with Crippen molar-refractivity contribution in [1.29, 1.82) is 0 Å². The molecule has 3 heterocycles. The first-order chi connectivity index (χ1) is 37.3. The molecule has 14 rings (SSSR count). The van der Waals surface area contributed by atoms with Gasteiger partial charge in [0.05, 0.1) is 39.0 Å². The van der Waals surface area contributed by atoms with E-state index in [-0.39, 0.29) is 5.41 Å². The van der Waals surface area contributed by atoms with Crippen molar-refractivity contribution < 1.29 is 0 Å². The van der Waals surface area contributed by atoms with Crippen LogP contribution in [-0.4, -0.2) is 19.1 Å². The standard InChI is InChI=1S/C72H54N4/c1-72(2,3)57-32-37-64-65(46-57)74-71(52-26-35-59(36-27-52)76-68-40-30-55(49-20-12-6-13-21-49)44-62(68)63-45-56(31-41-69(63)76)50-22-14-7-15-23-50)70(73-64)51-24-33-58(34-25-51)75-66-38-28-53(47-16-8-4-9-17-47)42-60(66)61-43-54(29-39-67(61)75)48-18-10-5-11-19-48/h4-28,30-38,40-46H,29,39H2,1-3H3. The summed E-state index contributed by atoms with van der Waals surface area (Å²) in [6.07, 6.45) is 4.36. The van der Waals surface area contributed by atoms with Crippen LogP contribution in [0.4, 0.5) is 0 Å². The van der Waals surface area contributed by atoms with Crippen molar-refractivity contribution in [1.82, 2.24) is 19.1 Å². The van der Waals surface area contributed by atoms with Crippen molar-refractivity contribution in [3.8, 4) is 67.3 Å². The average molecular weight is 975 g/mol. The topological polar surface area (TPSA) is 35.6 Å². The minimum absolute atomic E-state index is 0.0396. The Hall–Kier alpha value is -9.38. The molecule has 76 heavy (non-hydrogen) atoms. The maximum atomic E-state index is 5.52. The lowest BCUT2D eigenvalue weighted by atomic mass is 9.87. The van der Waals surface area contributed by atoms with Crippen LogP contribution in [-0.2, 0) is 11.8 Å². The van der Waals surface area contributed by atoms with Crippen molar-refractivity contribution >= 4 is 55.4 Å². The first-order valence-electron chi connectivity index (χ1n) is 26.5. The minimum Gasteiger partial charge on any atom is -0.313 e. The molecule has 4 heteroatoms. The minimum atomic E-state index is -0.0396. The van der Waals surface area contributed by atoms with Crippen molar-refractivity contribution in [2.45, 2.75) is 39.0 Å². The van der Waals surface area contributed by atoms with Gasteiger partial charge >= 0.3 is 0 Å². The number of benzene rings is 10. The maximum absolute atomic E-state index is 5.52. The third-order valence-corrected chi connectivity index (χ3v) is 15.6. The second kappa shape index (κ2) is 18.2. The van der Waals surface area contributed by atoms with E-state index in [0.29, 0.717) is 0 Å². The molecule has 0 aliphatic heterocycles. The van der Waals surface area contributed by atoms with Crippen molar-refractivity contribution in [2.24, 2.45) is 0 Å². The van der Waals surface area contributed by atoms with Gasteiger partial charge in [0.15, 0.2) is 0 Å². The number of nitrogens with zero attached hydrogens (tertiary/aromatic N) is 4. The first-order valence-corrected chi connectivity index (χ1v) is 26.5. The number of hydrogen-bond acceptors (Lipinski definition) is 2. The van der Waals surface area contributed by atoms with Gasteiger partial charge in [0.25, 0.3) is 0 Å². The smallest absolute Gasteiger partial charge is 0.0973 e. The van der Waals surface area contributed by atoms with E-state index in [1.807, 2.05) is 0 Å². The summed E-state index contributed by atoms with van der Waals surface area (Å²) >= 11 is 0. The zero-order valence-electron chi connectivity index (χ0n) is 42.9. The van der Waals surface area contributed by atoms with E-state index in [0.717, 1.165) is 68.8 Å². The molecular formula is C72H54N4. The molecule has 0 saturated carbocycles. The van der Waals surface area contributed by atoms with E-state index in [2.05, 4.69) is 279 Å². The summed E-state index contributed by atoms with van der Waals surface area (Å²) in [7, 11) is 0. The Balaban J connectivity index is 0.889. The number of hydrogen-bond donors (Lipinski definition) is 0. The molecule has 13 aromatic rings. The molecule has 1 aliphatic carbocycles. The molecule has 0 bridgehead atoms. The molecule has 0 fully saturated rings. The summed E-state index contributed by atoms with van der Waals surface area (Å²) in [6.45, 7) is 6.76. The van der Waals surface area contributed by atoms with Crippen LogP contribution in [0.15, 0.2) is 243 Å². The van der Waals surface area contributed by atoms with Gasteiger partial charge in [-0.1, -0.05) is 191 Å². The molecule has 0 spiro atoms. The normalized spacial score (nSPS) is 12.6. The van der Waals surface area contributed by atoms with E-state index in [1.54, 1.807) is 0 Å². The average Bonchev–Trinajstić information content (AvgIpc) is 4.09. The highest BCUT2D eigenvalue weighted by Crippen LogP contribution is 2.42. The lowest BCUT2D eigenvalue weighted by Gasteiger charge is -2.20. The number of allylic oxidation sites excluding steroid dienone is 1. The molecular weight excluding hydrogens is 921 g/mol. The third-order valence-electron chi connectivity index (χ3n) is 15.6. The Labute approximate surface area is 443 Å². The fourth-order valence-corrected chi connectivity index (χ4v) is 11.6. The van der Waals surface area contributed by atoms with Crippen molar-refractivity contribution in [3.05, 3.63) is 265 Å². The summed E-state index contributed by atoms with van der Waals surface area (Å²) in [5, 5.41) is 3.71. The fourth-order valence-electron chi connectivity index (χ4n) is 11.6. The van der Waals surface area contributed by atoms with Crippen LogP contribution in [0.25, 0.3) is 123 Å². The number of aromatic nitrogens is 4.